The molecule has 17 heavy (non-hydrogen) atoms. The van der Waals surface area contributed by atoms with Crippen molar-refractivity contribution in [1.82, 2.24) is 19.9 Å². The van der Waals surface area contributed by atoms with E-state index in [4.69, 9.17) is 5.73 Å². The Morgan fingerprint density at radius 2 is 2.41 bits per heavy atom. The van der Waals surface area contributed by atoms with Gasteiger partial charge in [0, 0.05) is 19.1 Å². The SMILES string of the molecule is C=CCN(C(=O)c1cn(CCN)nn1)C(C)C. The molecule has 1 rings (SSSR count). The fourth-order valence-electron chi connectivity index (χ4n) is 1.45. The van der Waals surface area contributed by atoms with Crippen LogP contribution >= 0.6 is 0 Å². The minimum absolute atomic E-state index is 0.0974. The second kappa shape index (κ2) is 6.15. The fourth-order valence-corrected chi connectivity index (χ4v) is 1.45. The van der Waals surface area contributed by atoms with Gasteiger partial charge < -0.3 is 10.6 Å². The lowest BCUT2D eigenvalue weighted by molar-refractivity contribution is 0.0722. The number of carbonyl (C=O) groups excluding carboxylic acids is 1. The lowest BCUT2D eigenvalue weighted by Gasteiger charge is -2.24. The van der Waals surface area contributed by atoms with E-state index in [0.29, 0.717) is 25.3 Å². The molecule has 2 N–H and O–H groups in total. The predicted molar refractivity (Wildman–Crippen MR) is 65.4 cm³/mol. The van der Waals surface area contributed by atoms with Gasteiger partial charge in [0.05, 0.1) is 12.7 Å². The van der Waals surface area contributed by atoms with Gasteiger partial charge in [-0.3, -0.25) is 9.48 Å². The summed E-state index contributed by atoms with van der Waals surface area (Å²) in [6.45, 7) is 9.07. The molecule has 94 valence electrons. The number of nitrogens with zero attached hydrogens (tertiary/aromatic N) is 4. The van der Waals surface area contributed by atoms with Gasteiger partial charge in [-0.05, 0) is 13.8 Å². The highest BCUT2D eigenvalue weighted by Gasteiger charge is 2.20. The number of nitrogens with two attached hydrogens (primary N) is 1. The summed E-state index contributed by atoms with van der Waals surface area (Å²) in [5, 5.41) is 7.69. The van der Waals surface area contributed by atoms with Crippen LogP contribution in [0.1, 0.15) is 24.3 Å². The lowest BCUT2D eigenvalue weighted by atomic mass is 10.2. The molecule has 0 aliphatic carbocycles. The molecule has 0 atom stereocenters. The highest BCUT2D eigenvalue weighted by Crippen LogP contribution is 2.05. The molecule has 6 nitrogen and oxygen atoms in total. The van der Waals surface area contributed by atoms with Crippen LogP contribution < -0.4 is 5.73 Å². The van der Waals surface area contributed by atoms with E-state index in [2.05, 4.69) is 16.9 Å². The highest BCUT2D eigenvalue weighted by atomic mass is 16.2. The summed E-state index contributed by atoms with van der Waals surface area (Å²) < 4.78 is 1.57. The molecular weight excluding hydrogens is 218 g/mol. The summed E-state index contributed by atoms with van der Waals surface area (Å²) in [6, 6.07) is 0.0974. The van der Waals surface area contributed by atoms with E-state index < -0.39 is 0 Å². The number of aromatic nitrogens is 3. The number of hydrogen-bond acceptors (Lipinski definition) is 4. The van der Waals surface area contributed by atoms with E-state index in [1.807, 2.05) is 13.8 Å². The van der Waals surface area contributed by atoms with Crippen LogP contribution in [0.15, 0.2) is 18.9 Å². The van der Waals surface area contributed by atoms with Crippen molar-refractivity contribution in [3.05, 3.63) is 24.5 Å². The average Bonchev–Trinajstić information content (AvgIpc) is 2.73. The van der Waals surface area contributed by atoms with Crippen molar-refractivity contribution < 1.29 is 4.79 Å². The maximum Gasteiger partial charge on any atom is 0.276 e. The van der Waals surface area contributed by atoms with Crippen LogP contribution in [-0.2, 0) is 6.54 Å². The molecule has 1 heterocycles. The molecule has 0 bridgehead atoms. The van der Waals surface area contributed by atoms with Crippen LogP contribution in [-0.4, -0.2) is 44.9 Å². The molecular formula is C11H19N5O. The van der Waals surface area contributed by atoms with E-state index >= 15 is 0 Å². The van der Waals surface area contributed by atoms with Gasteiger partial charge in [-0.1, -0.05) is 11.3 Å². The Morgan fingerprint density at radius 3 is 2.94 bits per heavy atom. The first-order valence-corrected chi connectivity index (χ1v) is 5.62. The number of carbonyl (C=O) groups is 1. The second-order valence-electron chi connectivity index (χ2n) is 4.00. The maximum atomic E-state index is 12.1. The van der Waals surface area contributed by atoms with Crippen molar-refractivity contribution >= 4 is 5.91 Å². The molecule has 0 aliphatic rings. The van der Waals surface area contributed by atoms with Crippen LogP contribution in [0.3, 0.4) is 0 Å². The van der Waals surface area contributed by atoms with Gasteiger partial charge in [-0.2, -0.15) is 0 Å². The van der Waals surface area contributed by atoms with E-state index in [0.717, 1.165) is 0 Å². The zero-order valence-corrected chi connectivity index (χ0v) is 10.3. The second-order valence-corrected chi connectivity index (χ2v) is 4.00. The minimum atomic E-state index is -0.136. The van der Waals surface area contributed by atoms with Gasteiger partial charge in [-0.25, -0.2) is 0 Å². The summed E-state index contributed by atoms with van der Waals surface area (Å²) in [5.74, 6) is -0.136. The monoisotopic (exact) mass is 237 g/mol. The average molecular weight is 237 g/mol. The Hall–Kier alpha value is -1.69. The quantitative estimate of drug-likeness (QED) is 0.721. The highest BCUT2D eigenvalue weighted by molar-refractivity contribution is 5.92. The van der Waals surface area contributed by atoms with Crippen molar-refractivity contribution in [3.63, 3.8) is 0 Å². The summed E-state index contributed by atoms with van der Waals surface area (Å²) in [7, 11) is 0. The largest absolute Gasteiger partial charge is 0.331 e. The van der Waals surface area contributed by atoms with Gasteiger partial charge in [0.15, 0.2) is 5.69 Å². The molecule has 0 unspecified atom stereocenters. The summed E-state index contributed by atoms with van der Waals surface area (Å²) in [6.07, 6.45) is 3.32. The standard InChI is InChI=1S/C11H19N5O/c1-4-6-16(9(2)3)11(17)10-8-15(7-5-12)14-13-10/h4,8-9H,1,5-7,12H2,2-3H3. The van der Waals surface area contributed by atoms with Gasteiger partial charge in [0.1, 0.15) is 0 Å². The molecule has 1 amide bonds. The van der Waals surface area contributed by atoms with Crippen LogP contribution in [0.25, 0.3) is 0 Å². The molecule has 0 aromatic carbocycles. The van der Waals surface area contributed by atoms with E-state index in [9.17, 15) is 4.79 Å². The smallest absolute Gasteiger partial charge is 0.276 e. The zero-order chi connectivity index (χ0) is 12.8. The Bertz CT molecular complexity index is 385. The molecule has 0 fully saturated rings. The Kier molecular flexibility index (Phi) is 4.84. The van der Waals surface area contributed by atoms with E-state index in [-0.39, 0.29) is 11.9 Å². The van der Waals surface area contributed by atoms with Crippen molar-refractivity contribution in [2.75, 3.05) is 13.1 Å². The van der Waals surface area contributed by atoms with Crippen molar-refractivity contribution in [3.8, 4) is 0 Å². The molecule has 6 heteroatoms. The van der Waals surface area contributed by atoms with Crippen molar-refractivity contribution in [2.45, 2.75) is 26.4 Å². The fraction of sp³-hybridized carbons (Fsp3) is 0.545. The lowest BCUT2D eigenvalue weighted by Crippen LogP contribution is -2.37. The predicted octanol–water partition coefficient (Wildman–Crippen LogP) is 0.273. The number of hydrogen-bond donors (Lipinski definition) is 1. The Morgan fingerprint density at radius 1 is 1.71 bits per heavy atom. The summed E-state index contributed by atoms with van der Waals surface area (Å²) in [5.41, 5.74) is 5.75. The number of amides is 1. The third kappa shape index (κ3) is 3.39. The first-order valence-electron chi connectivity index (χ1n) is 5.62. The van der Waals surface area contributed by atoms with Crippen LogP contribution in [0.2, 0.25) is 0 Å². The normalized spacial score (nSPS) is 10.6. The zero-order valence-electron chi connectivity index (χ0n) is 10.3. The van der Waals surface area contributed by atoms with E-state index in [1.165, 1.54) is 0 Å². The van der Waals surface area contributed by atoms with Crippen molar-refractivity contribution in [2.24, 2.45) is 5.73 Å². The molecule has 0 aliphatic heterocycles. The van der Waals surface area contributed by atoms with E-state index in [1.54, 1.807) is 21.9 Å². The van der Waals surface area contributed by atoms with Gasteiger partial charge in [-0.15, -0.1) is 11.7 Å². The van der Waals surface area contributed by atoms with Crippen LogP contribution in [0, 0.1) is 0 Å². The van der Waals surface area contributed by atoms with Gasteiger partial charge >= 0.3 is 0 Å². The minimum Gasteiger partial charge on any atom is -0.331 e. The molecule has 0 saturated heterocycles. The van der Waals surface area contributed by atoms with Crippen LogP contribution in [0.4, 0.5) is 0 Å². The molecule has 0 spiro atoms. The number of rotatable bonds is 6. The third-order valence-electron chi connectivity index (χ3n) is 2.33. The molecule has 1 aromatic rings. The first kappa shape index (κ1) is 13.4. The third-order valence-corrected chi connectivity index (χ3v) is 2.33. The van der Waals surface area contributed by atoms with Gasteiger partial charge in [0.2, 0.25) is 0 Å². The summed E-state index contributed by atoms with van der Waals surface area (Å²) >= 11 is 0. The van der Waals surface area contributed by atoms with Crippen molar-refractivity contribution in [1.29, 1.82) is 0 Å². The Balaban J connectivity index is 2.81. The summed E-state index contributed by atoms with van der Waals surface area (Å²) in [4.78, 5) is 13.8. The first-order chi connectivity index (χ1) is 8.10. The van der Waals surface area contributed by atoms with Crippen LogP contribution in [0.5, 0.6) is 0 Å². The molecule has 0 radical (unpaired) electrons. The topological polar surface area (TPSA) is 77.0 Å². The maximum absolute atomic E-state index is 12.1. The van der Waals surface area contributed by atoms with Gasteiger partial charge in [0.25, 0.3) is 5.91 Å². The molecule has 0 saturated carbocycles. The molecule has 1 aromatic heterocycles. The Labute approximate surface area is 101 Å².